The molecule has 8 heteroatoms. The molecule has 0 bridgehead atoms. The quantitative estimate of drug-likeness (QED) is 0.517. The minimum absolute atomic E-state index is 0.0718. The second-order valence-electron chi connectivity index (χ2n) is 6.47. The molecule has 1 N–H and O–H groups in total. The Bertz CT molecular complexity index is 1000. The van der Waals surface area contributed by atoms with E-state index in [1.54, 1.807) is 30.3 Å². The molecule has 2 aromatic rings. The number of hydrogen-bond acceptors (Lipinski definition) is 6. The van der Waals surface area contributed by atoms with Crippen LogP contribution in [-0.4, -0.2) is 47.4 Å². The van der Waals surface area contributed by atoms with Gasteiger partial charge in [-0.1, -0.05) is 42.5 Å². The first kappa shape index (κ1) is 21.3. The van der Waals surface area contributed by atoms with Gasteiger partial charge in [-0.3, -0.25) is 24.1 Å². The van der Waals surface area contributed by atoms with E-state index in [1.807, 2.05) is 30.3 Å². The molecular weight excluding hydrogens is 404 g/mol. The van der Waals surface area contributed by atoms with Gasteiger partial charge in [0.05, 0.1) is 4.91 Å². The average Bonchev–Trinajstić information content (AvgIpc) is 3.00. The second-order valence-corrected chi connectivity index (χ2v) is 7.46. The van der Waals surface area contributed by atoms with Gasteiger partial charge >= 0.3 is 0 Å². The van der Waals surface area contributed by atoms with Crippen molar-refractivity contribution in [3.63, 3.8) is 0 Å². The number of benzene rings is 2. The topological polar surface area (TPSA) is 92.8 Å². The summed E-state index contributed by atoms with van der Waals surface area (Å²) in [5, 5.41) is 2.25. The molecule has 0 radical (unpaired) electrons. The van der Waals surface area contributed by atoms with Gasteiger partial charge in [0, 0.05) is 18.7 Å². The summed E-state index contributed by atoms with van der Waals surface area (Å²) in [6.07, 6.45) is 1.67. The van der Waals surface area contributed by atoms with Crippen LogP contribution in [-0.2, 0) is 9.59 Å². The molecule has 1 saturated heterocycles. The van der Waals surface area contributed by atoms with Crippen LogP contribution in [0, 0.1) is 0 Å². The Morgan fingerprint density at radius 3 is 2.60 bits per heavy atom. The average molecular weight is 424 g/mol. The van der Waals surface area contributed by atoms with Gasteiger partial charge < -0.3 is 10.1 Å². The number of carbonyl (C=O) groups is 4. The molecule has 1 aliphatic rings. The van der Waals surface area contributed by atoms with E-state index in [0.717, 1.165) is 22.2 Å². The Kier molecular flexibility index (Phi) is 7.03. The van der Waals surface area contributed by atoms with Crippen LogP contribution in [0.3, 0.4) is 0 Å². The van der Waals surface area contributed by atoms with E-state index >= 15 is 0 Å². The number of nitrogens with one attached hydrogen (secondary N) is 1. The van der Waals surface area contributed by atoms with E-state index in [2.05, 4.69) is 5.32 Å². The number of imide groups is 1. The number of nitrogens with zero attached hydrogens (tertiary/aromatic N) is 1. The van der Waals surface area contributed by atoms with Gasteiger partial charge in [0.2, 0.25) is 0 Å². The van der Waals surface area contributed by atoms with Gasteiger partial charge in [0.1, 0.15) is 5.75 Å². The lowest BCUT2D eigenvalue weighted by atomic mass is 10.1. The summed E-state index contributed by atoms with van der Waals surface area (Å²) in [7, 11) is 0. The molecule has 154 valence electrons. The molecule has 0 spiro atoms. The Morgan fingerprint density at radius 2 is 1.87 bits per heavy atom. The standard InChI is InChI=1S/C22H20N2O5S/c1-15(25)17-8-5-9-18(13-17)29-14-20(26)23-10-11-24-21(27)19(30-22(24)28)12-16-6-3-2-4-7-16/h2-9,12-13H,10-11,14H2,1H3,(H,23,26)/b19-12-. The van der Waals surface area contributed by atoms with Crippen molar-refractivity contribution >= 4 is 40.7 Å². The van der Waals surface area contributed by atoms with Crippen molar-refractivity contribution in [2.75, 3.05) is 19.7 Å². The summed E-state index contributed by atoms with van der Waals surface area (Å²) in [6, 6.07) is 15.8. The van der Waals surface area contributed by atoms with Gasteiger partial charge in [-0.05, 0) is 42.5 Å². The molecule has 0 aromatic heterocycles. The predicted molar refractivity (Wildman–Crippen MR) is 114 cm³/mol. The molecule has 7 nitrogen and oxygen atoms in total. The largest absolute Gasteiger partial charge is 0.484 e. The van der Waals surface area contributed by atoms with E-state index in [1.165, 1.54) is 6.92 Å². The third-order valence-electron chi connectivity index (χ3n) is 4.24. The van der Waals surface area contributed by atoms with Crippen molar-refractivity contribution in [1.82, 2.24) is 10.2 Å². The smallest absolute Gasteiger partial charge is 0.293 e. The summed E-state index contributed by atoms with van der Waals surface area (Å²) in [5.74, 6) is -0.450. The number of thioether (sulfide) groups is 1. The van der Waals surface area contributed by atoms with Crippen LogP contribution in [0.2, 0.25) is 0 Å². The van der Waals surface area contributed by atoms with Gasteiger partial charge in [0.15, 0.2) is 12.4 Å². The molecule has 1 fully saturated rings. The molecule has 2 aromatic carbocycles. The minimum Gasteiger partial charge on any atom is -0.484 e. The summed E-state index contributed by atoms with van der Waals surface area (Å²) in [4.78, 5) is 49.4. The van der Waals surface area contributed by atoms with Crippen LogP contribution in [0.4, 0.5) is 4.79 Å². The molecule has 30 heavy (non-hydrogen) atoms. The zero-order chi connectivity index (χ0) is 21.5. The highest BCUT2D eigenvalue weighted by Crippen LogP contribution is 2.31. The first-order valence-electron chi connectivity index (χ1n) is 9.25. The van der Waals surface area contributed by atoms with E-state index in [9.17, 15) is 19.2 Å². The molecule has 0 unspecified atom stereocenters. The maximum Gasteiger partial charge on any atom is 0.293 e. The van der Waals surface area contributed by atoms with Crippen LogP contribution in [0.15, 0.2) is 59.5 Å². The van der Waals surface area contributed by atoms with Crippen molar-refractivity contribution in [2.45, 2.75) is 6.92 Å². The van der Waals surface area contributed by atoms with Crippen LogP contribution >= 0.6 is 11.8 Å². The zero-order valence-corrected chi connectivity index (χ0v) is 17.1. The van der Waals surface area contributed by atoms with E-state index < -0.39 is 5.91 Å². The fourth-order valence-corrected chi connectivity index (χ4v) is 3.57. The normalized spacial score (nSPS) is 14.8. The number of hydrogen-bond donors (Lipinski definition) is 1. The SMILES string of the molecule is CC(=O)c1cccc(OCC(=O)NCCN2C(=O)S/C(=C\c3ccccc3)C2=O)c1. The van der Waals surface area contributed by atoms with Crippen LogP contribution in [0.25, 0.3) is 6.08 Å². The Balaban J connectivity index is 1.46. The van der Waals surface area contributed by atoms with E-state index in [-0.39, 0.29) is 36.6 Å². The monoisotopic (exact) mass is 424 g/mol. The number of carbonyl (C=O) groups excluding carboxylic acids is 4. The number of Topliss-reactive ketones (excluding diaryl/α,β-unsaturated/α-hetero) is 1. The number of ether oxygens (including phenoxy) is 1. The number of amides is 3. The zero-order valence-electron chi connectivity index (χ0n) is 16.3. The van der Waals surface area contributed by atoms with E-state index in [4.69, 9.17) is 4.74 Å². The fourth-order valence-electron chi connectivity index (χ4n) is 2.71. The molecule has 3 amide bonds. The predicted octanol–water partition coefficient (Wildman–Crippen LogP) is 3.12. The Labute approximate surface area is 178 Å². The summed E-state index contributed by atoms with van der Waals surface area (Å²) >= 11 is 0.880. The molecule has 0 saturated carbocycles. The summed E-state index contributed by atoms with van der Waals surface area (Å²) in [6.45, 7) is 1.40. The first-order valence-corrected chi connectivity index (χ1v) is 10.1. The third kappa shape index (κ3) is 5.57. The maximum absolute atomic E-state index is 12.4. The lowest BCUT2D eigenvalue weighted by Gasteiger charge is -2.13. The summed E-state index contributed by atoms with van der Waals surface area (Å²) < 4.78 is 5.38. The highest BCUT2D eigenvalue weighted by atomic mass is 32.2. The highest BCUT2D eigenvalue weighted by Gasteiger charge is 2.34. The van der Waals surface area contributed by atoms with Gasteiger partial charge in [-0.15, -0.1) is 0 Å². The van der Waals surface area contributed by atoms with Crippen molar-refractivity contribution in [1.29, 1.82) is 0 Å². The van der Waals surface area contributed by atoms with Crippen LogP contribution < -0.4 is 10.1 Å². The van der Waals surface area contributed by atoms with Crippen molar-refractivity contribution in [2.24, 2.45) is 0 Å². The van der Waals surface area contributed by atoms with Crippen molar-refractivity contribution < 1.29 is 23.9 Å². The first-order chi connectivity index (χ1) is 14.4. The minimum atomic E-state index is -0.393. The third-order valence-corrected chi connectivity index (χ3v) is 5.15. The Hall–Kier alpha value is -3.39. The maximum atomic E-state index is 12.4. The summed E-state index contributed by atoms with van der Waals surface area (Å²) in [5.41, 5.74) is 1.33. The molecule has 1 aliphatic heterocycles. The van der Waals surface area contributed by atoms with Gasteiger partial charge in [0.25, 0.3) is 17.1 Å². The fraction of sp³-hybridized carbons (Fsp3) is 0.182. The van der Waals surface area contributed by atoms with Crippen LogP contribution in [0.5, 0.6) is 5.75 Å². The van der Waals surface area contributed by atoms with Gasteiger partial charge in [-0.2, -0.15) is 0 Å². The lowest BCUT2D eigenvalue weighted by Crippen LogP contribution is -2.38. The highest BCUT2D eigenvalue weighted by molar-refractivity contribution is 8.18. The van der Waals surface area contributed by atoms with Crippen LogP contribution in [0.1, 0.15) is 22.8 Å². The second kappa shape index (κ2) is 9.89. The molecule has 0 aliphatic carbocycles. The molecule has 0 atom stereocenters. The van der Waals surface area contributed by atoms with Crippen molar-refractivity contribution in [3.05, 3.63) is 70.6 Å². The van der Waals surface area contributed by atoms with Gasteiger partial charge in [-0.25, -0.2) is 0 Å². The molecule has 3 rings (SSSR count). The Morgan fingerprint density at radius 1 is 1.10 bits per heavy atom. The van der Waals surface area contributed by atoms with E-state index in [0.29, 0.717) is 16.2 Å². The lowest BCUT2D eigenvalue weighted by molar-refractivity contribution is -0.125. The van der Waals surface area contributed by atoms with Crippen molar-refractivity contribution in [3.8, 4) is 5.75 Å². The number of rotatable bonds is 8. The molecular formula is C22H20N2O5S. The number of ketones is 1. The molecule has 1 heterocycles.